The van der Waals surface area contributed by atoms with Crippen LogP contribution in [0.5, 0.6) is 0 Å². The van der Waals surface area contributed by atoms with Crippen molar-refractivity contribution >= 4 is 131 Å². The smallest absolute Gasteiger partial charge is 0.235 e. The van der Waals surface area contributed by atoms with Crippen LogP contribution >= 0.6 is 0 Å². The molecule has 0 aliphatic heterocycles. The second-order valence-electron chi connectivity index (χ2n) is 34.6. The molecule has 18 aromatic carbocycles. The van der Waals surface area contributed by atoms with E-state index in [0.717, 1.165) is 162 Å². The molecular formula is C125H81N13. The third-order valence-corrected chi connectivity index (χ3v) is 26.6. The fraction of sp³-hybridized carbons (Fsp3) is 0. The summed E-state index contributed by atoms with van der Waals surface area (Å²) >= 11 is 0. The number of para-hydroxylation sites is 8. The van der Waals surface area contributed by atoms with Crippen molar-refractivity contribution in [2.45, 2.75) is 0 Å². The van der Waals surface area contributed by atoms with Crippen molar-refractivity contribution < 1.29 is 0 Å². The van der Waals surface area contributed by atoms with Gasteiger partial charge in [-0.25, -0.2) is 34.9 Å². The van der Waals surface area contributed by atoms with Crippen LogP contribution in [-0.4, -0.2) is 62.3 Å². The molecule has 0 spiro atoms. The summed E-state index contributed by atoms with van der Waals surface area (Å²) in [6, 6.07) is 172. The van der Waals surface area contributed by atoms with Gasteiger partial charge in [-0.05, 0) is 115 Å². The Hall–Kier alpha value is -18.9. The second-order valence-corrected chi connectivity index (χ2v) is 34.6. The van der Waals surface area contributed by atoms with Crippen LogP contribution in [0.3, 0.4) is 0 Å². The summed E-state index contributed by atoms with van der Waals surface area (Å²) in [5.41, 5.74) is 29.2. The Morgan fingerprint density at radius 3 is 0.696 bits per heavy atom. The highest BCUT2D eigenvalue weighted by atomic mass is 15.2. The van der Waals surface area contributed by atoms with E-state index in [2.05, 4.69) is 428 Å². The number of fused-ring (bicyclic) bond motifs is 21. The third kappa shape index (κ3) is 13.7. The Morgan fingerprint density at radius 1 is 0.130 bits per heavy atom. The maximum Gasteiger partial charge on any atom is 0.235 e. The standard InChI is InChI=1S/C50H32N6.C40H26N4.C35H23N3/c1-5-17-33(18-6-1)39-31-40(34-19-7-2-8-20-34)52-49(51-39)55-43-27-15-13-25-37(43)47-45(55)29-30-46-48(47)38-26-14-16-28-44(38)56(46)50-53-41(35-21-9-3-10-22-35)32-42(54-50)36-23-11-4-12-24-36;1-4-14-27(15-5-1)34-26-35(28-16-6-2-7-17-28)42-40(41-34)44-37-23-13-11-21-31(37)33-25-24-32-30-20-10-12-22-36(30)43(38(32)39(33)44)29-18-8-3-9-19-29;1-3-12-24(13-4-1)28-18-11-21-33(36-28)38-30-20-10-8-17-27(30)35-32(38)23-22-31-34(35)26-16-7-9-19-29(26)37(31)25-14-5-2-6-15-25/h1-32H;1-26H;1-23H. The molecule has 646 valence electrons. The van der Waals surface area contributed by atoms with Gasteiger partial charge in [0.1, 0.15) is 5.82 Å². The molecule has 28 aromatic rings. The minimum Gasteiger partial charge on any atom is -0.309 e. The second kappa shape index (κ2) is 33.8. The molecule has 0 aliphatic carbocycles. The van der Waals surface area contributed by atoms with Gasteiger partial charge in [-0.2, -0.15) is 0 Å². The molecule has 28 rings (SSSR count). The van der Waals surface area contributed by atoms with E-state index < -0.39 is 0 Å². The quantitative estimate of drug-likeness (QED) is 0.113. The van der Waals surface area contributed by atoms with Crippen molar-refractivity contribution in [3.8, 4) is 114 Å². The highest BCUT2D eigenvalue weighted by Gasteiger charge is 2.29. The molecule has 0 amide bonds. The van der Waals surface area contributed by atoms with Gasteiger partial charge in [0.05, 0.1) is 106 Å². The van der Waals surface area contributed by atoms with E-state index in [4.69, 9.17) is 34.9 Å². The molecule has 0 N–H and O–H groups in total. The molecule has 0 atom stereocenters. The van der Waals surface area contributed by atoms with Gasteiger partial charge in [0, 0.05) is 115 Å². The van der Waals surface area contributed by atoms with Crippen molar-refractivity contribution in [3.05, 3.63) is 491 Å². The zero-order valence-electron chi connectivity index (χ0n) is 74.6. The maximum absolute atomic E-state index is 5.28. The van der Waals surface area contributed by atoms with Gasteiger partial charge in [-0.3, -0.25) is 18.3 Å². The molecular weight excluding hydrogens is 1680 g/mol. The molecule has 10 heterocycles. The molecule has 13 heteroatoms. The first kappa shape index (κ1) is 80.0. The van der Waals surface area contributed by atoms with E-state index in [9.17, 15) is 0 Å². The topological polar surface area (TPSA) is 120 Å². The van der Waals surface area contributed by atoms with Gasteiger partial charge in [-0.1, -0.05) is 376 Å². The monoisotopic (exact) mass is 1760 g/mol. The summed E-state index contributed by atoms with van der Waals surface area (Å²) in [7, 11) is 0. The first-order valence-electron chi connectivity index (χ1n) is 46.5. The highest BCUT2D eigenvalue weighted by Crippen LogP contribution is 2.48. The van der Waals surface area contributed by atoms with Gasteiger partial charge in [-0.15, -0.1) is 0 Å². The zero-order chi connectivity index (χ0) is 91.1. The normalized spacial score (nSPS) is 11.6. The Kier molecular flexibility index (Phi) is 19.6. The van der Waals surface area contributed by atoms with Gasteiger partial charge in [0.15, 0.2) is 0 Å². The SMILES string of the molecule is c1ccc(-c2cc(-c3ccccc3)nc(-n3c4ccccc4c4c5c6ccccc6n(-c6nc(-c7ccccc7)cc(-c7ccccc7)n6)c5ccc43)n2)cc1.c1ccc(-c2cc(-c3ccccc3)nc(-n3c4ccccc4c4ccc5c6ccccc6n(-c6ccccc6)c5c43)n2)cc1.c1ccc(-c2cccc(-n3c4ccccc4c4c5c6ccccc6n(-c6ccccc6)c5ccc43)n2)cc1. The number of pyridine rings is 1. The van der Waals surface area contributed by atoms with E-state index in [1.54, 1.807) is 0 Å². The van der Waals surface area contributed by atoms with Crippen molar-refractivity contribution in [2.75, 3.05) is 0 Å². The summed E-state index contributed by atoms with van der Waals surface area (Å²) in [6.45, 7) is 0. The van der Waals surface area contributed by atoms with Gasteiger partial charge < -0.3 is 9.13 Å². The van der Waals surface area contributed by atoms with E-state index in [0.29, 0.717) is 17.8 Å². The van der Waals surface area contributed by atoms with Gasteiger partial charge >= 0.3 is 0 Å². The van der Waals surface area contributed by atoms with Crippen LogP contribution < -0.4 is 0 Å². The van der Waals surface area contributed by atoms with Crippen molar-refractivity contribution in [2.24, 2.45) is 0 Å². The number of nitrogens with zero attached hydrogens (tertiary/aromatic N) is 13. The van der Waals surface area contributed by atoms with Crippen LogP contribution in [0.15, 0.2) is 491 Å². The molecule has 0 bridgehead atoms. The molecule has 138 heavy (non-hydrogen) atoms. The molecule has 0 fully saturated rings. The Morgan fingerprint density at radius 2 is 0.362 bits per heavy atom. The number of hydrogen-bond donors (Lipinski definition) is 0. The summed E-state index contributed by atoms with van der Waals surface area (Å²) in [6.07, 6.45) is 0. The Labute approximate surface area is 793 Å². The molecule has 0 aliphatic rings. The third-order valence-electron chi connectivity index (χ3n) is 26.6. The highest BCUT2D eigenvalue weighted by molar-refractivity contribution is 6.31. The lowest BCUT2D eigenvalue weighted by Gasteiger charge is -2.13. The van der Waals surface area contributed by atoms with E-state index >= 15 is 0 Å². The first-order chi connectivity index (χ1) is 68.5. The van der Waals surface area contributed by atoms with Crippen LogP contribution in [-0.2, 0) is 0 Å². The Balaban J connectivity index is 0.000000109. The summed E-state index contributed by atoms with van der Waals surface area (Å²) < 4.78 is 13.8. The van der Waals surface area contributed by atoms with Crippen LogP contribution in [0.1, 0.15) is 0 Å². The zero-order valence-corrected chi connectivity index (χ0v) is 74.6. The van der Waals surface area contributed by atoms with Gasteiger partial charge in [0.25, 0.3) is 0 Å². The maximum atomic E-state index is 5.28. The largest absolute Gasteiger partial charge is 0.309 e. The minimum atomic E-state index is 0.617. The lowest BCUT2D eigenvalue weighted by atomic mass is 10.1. The van der Waals surface area contributed by atoms with Crippen molar-refractivity contribution in [1.29, 1.82) is 0 Å². The summed E-state index contributed by atoms with van der Waals surface area (Å²) in [4.78, 5) is 36.8. The van der Waals surface area contributed by atoms with Crippen LogP contribution in [0.25, 0.3) is 245 Å². The van der Waals surface area contributed by atoms with Crippen molar-refractivity contribution in [1.82, 2.24) is 62.3 Å². The van der Waals surface area contributed by atoms with E-state index in [1.807, 2.05) is 91.0 Å². The van der Waals surface area contributed by atoms with Gasteiger partial charge in [0.2, 0.25) is 17.8 Å². The minimum absolute atomic E-state index is 0.617. The number of hydrogen-bond acceptors (Lipinski definition) is 7. The molecule has 0 saturated heterocycles. The summed E-state index contributed by atoms with van der Waals surface area (Å²) in [5.74, 6) is 2.80. The lowest BCUT2D eigenvalue weighted by Crippen LogP contribution is -2.05. The predicted molar refractivity (Wildman–Crippen MR) is 568 cm³/mol. The van der Waals surface area contributed by atoms with Crippen LogP contribution in [0, 0.1) is 0 Å². The van der Waals surface area contributed by atoms with Crippen LogP contribution in [0.2, 0.25) is 0 Å². The van der Waals surface area contributed by atoms with Crippen LogP contribution in [0.4, 0.5) is 0 Å². The lowest BCUT2D eigenvalue weighted by molar-refractivity contribution is 0.992. The van der Waals surface area contributed by atoms with E-state index in [-0.39, 0.29) is 0 Å². The number of aromatic nitrogens is 13. The Bertz CT molecular complexity index is 9160. The molecule has 0 unspecified atom stereocenters. The summed E-state index contributed by atoms with van der Waals surface area (Å²) in [5, 5.41) is 14.3. The number of rotatable bonds is 13. The molecule has 10 aromatic heterocycles. The van der Waals surface area contributed by atoms with E-state index in [1.165, 1.54) is 65.3 Å². The van der Waals surface area contributed by atoms with Crippen molar-refractivity contribution in [3.63, 3.8) is 0 Å². The fourth-order valence-corrected chi connectivity index (χ4v) is 20.6. The molecule has 0 saturated carbocycles. The number of benzene rings is 18. The average Bonchev–Trinajstić information content (AvgIpc) is 1.45. The molecule has 13 nitrogen and oxygen atoms in total. The first-order valence-corrected chi connectivity index (χ1v) is 46.5. The average molecular weight is 1770 g/mol. The fourth-order valence-electron chi connectivity index (χ4n) is 20.6. The molecule has 0 radical (unpaired) electrons. The predicted octanol–water partition coefficient (Wildman–Crippen LogP) is 31.1.